The van der Waals surface area contributed by atoms with Crippen LogP contribution in [-0.2, 0) is 11.3 Å². The molecule has 1 fully saturated rings. The Labute approximate surface area is 113 Å². The fourth-order valence-electron chi connectivity index (χ4n) is 2.45. The lowest BCUT2D eigenvalue weighted by atomic mass is 9.74. The summed E-state index contributed by atoms with van der Waals surface area (Å²) in [5, 5.41) is 10.0. The van der Waals surface area contributed by atoms with Gasteiger partial charge >= 0.3 is 0 Å². The summed E-state index contributed by atoms with van der Waals surface area (Å²) in [6, 6.07) is 0. The maximum absolute atomic E-state index is 12.3. The number of rotatable bonds is 4. The number of nitrogens with one attached hydrogen (secondary N) is 2. The first-order valence-corrected chi connectivity index (χ1v) is 6.78. The highest BCUT2D eigenvalue weighted by atomic mass is 16.5. The van der Waals surface area contributed by atoms with Gasteiger partial charge in [0.2, 0.25) is 11.8 Å². The number of piperidine rings is 1. The summed E-state index contributed by atoms with van der Waals surface area (Å²) in [5.41, 5.74) is -0.383. The Balaban J connectivity index is 1.90. The van der Waals surface area contributed by atoms with E-state index >= 15 is 0 Å². The number of carbonyl (C=O) groups excluding carboxylic acids is 1. The molecule has 2 rings (SSSR count). The Morgan fingerprint density at radius 2 is 2.37 bits per heavy atom. The van der Waals surface area contributed by atoms with E-state index in [9.17, 15) is 4.79 Å². The van der Waals surface area contributed by atoms with E-state index in [0.717, 1.165) is 25.9 Å². The molecule has 2 N–H and O–H groups in total. The molecule has 1 saturated heterocycles. The van der Waals surface area contributed by atoms with Gasteiger partial charge in [0.1, 0.15) is 0 Å². The van der Waals surface area contributed by atoms with Crippen LogP contribution in [0.2, 0.25) is 0 Å². The maximum atomic E-state index is 12.3. The Morgan fingerprint density at radius 1 is 1.58 bits per heavy atom. The van der Waals surface area contributed by atoms with Crippen molar-refractivity contribution in [1.29, 1.82) is 0 Å². The van der Waals surface area contributed by atoms with Crippen molar-refractivity contribution in [2.75, 3.05) is 13.1 Å². The molecule has 1 aliphatic rings. The van der Waals surface area contributed by atoms with Crippen LogP contribution in [-0.4, -0.2) is 29.1 Å². The molecule has 6 heteroatoms. The summed E-state index contributed by atoms with van der Waals surface area (Å²) >= 11 is 0. The predicted molar refractivity (Wildman–Crippen MR) is 70.3 cm³/mol. The summed E-state index contributed by atoms with van der Waals surface area (Å²) in [6.45, 7) is 8.01. The van der Waals surface area contributed by atoms with Gasteiger partial charge in [-0.3, -0.25) is 4.79 Å². The van der Waals surface area contributed by atoms with Crippen LogP contribution >= 0.6 is 0 Å². The minimum atomic E-state index is -0.383. The van der Waals surface area contributed by atoms with Crippen molar-refractivity contribution in [2.24, 2.45) is 11.3 Å². The van der Waals surface area contributed by atoms with Gasteiger partial charge in [-0.05, 0) is 31.8 Å². The van der Waals surface area contributed by atoms with Gasteiger partial charge in [-0.1, -0.05) is 19.0 Å². The molecule has 0 bridgehead atoms. The van der Waals surface area contributed by atoms with E-state index in [-0.39, 0.29) is 11.3 Å². The van der Waals surface area contributed by atoms with Gasteiger partial charge in [-0.2, -0.15) is 4.98 Å². The molecule has 1 aliphatic heterocycles. The highest BCUT2D eigenvalue weighted by molar-refractivity contribution is 5.82. The summed E-state index contributed by atoms with van der Waals surface area (Å²) in [7, 11) is 0. The van der Waals surface area contributed by atoms with Gasteiger partial charge in [0, 0.05) is 12.3 Å². The highest BCUT2D eigenvalue weighted by Gasteiger charge is 2.37. The lowest BCUT2D eigenvalue weighted by Crippen LogP contribution is -2.47. The first kappa shape index (κ1) is 14.0. The van der Waals surface area contributed by atoms with Gasteiger partial charge < -0.3 is 15.2 Å². The second-order valence-corrected chi connectivity index (χ2v) is 5.68. The van der Waals surface area contributed by atoms with Crippen molar-refractivity contribution < 1.29 is 9.32 Å². The number of aromatic nitrogens is 2. The zero-order valence-corrected chi connectivity index (χ0v) is 11.8. The molecule has 0 spiro atoms. The molecule has 0 aromatic carbocycles. The van der Waals surface area contributed by atoms with E-state index in [1.807, 2.05) is 13.8 Å². The third kappa shape index (κ3) is 3.32. The van der Waals surface area contributed by atoms with E-state index in [4.69, 9.17) is 4.52 Å². The fourth-order valence-corrected chi connectivity index (χ4v) is 2.45. The van der Waals surface area contributed by atoms with Crippen LogP contribution in [0.4, 0.5) is 0 Å². The normalized spacial score (nSPS) is 20.3. The topological polar surface area (TPSA) is 80.0 Å². The van der Waals surface area contributed by atoms with Gasteiger partial charge in [0.15, 0.2) is 5.82 Å². The molecule has 19 heavy (non-hydrogen) atoms. The summed E-state index contributed by atoms with van der Waals surface area (Å²) in [6.07, 6.45) is 2.22. The van der Waals surface area contributed by atoms with E-state index in [0.29, 0.717) is 24.2 Å². The molecular formula is C13H22N4O2. The third-order valence-electron chi connectivity index (χ3n) is 3.88. The van der Waals surface area contributed by atoms with Gasteiger partial charge in [-0.15, -0.1) is 0 Å². The third-order valence-corrected chi connectivity index (χ3v) is 3.88. The average molecular weight is 266 g/mol. The molecule has 0 saturated carbocycles. The van der Waals surface area contributed by atoms with Crippen LogP contribution in [0.1, 0.15) is 38.4 Å². The van der Waals surface area contributed by atoms with Crippen LogP contribution < -0.4 is 10.6 Å². The van der Waals surface area contributed by atoms with Crippen LogP contribution in [0.5, 0.6) is 0 Å². The average Bonchev–Trinajstić information content (AvgIpc) is 2.82. The number of hydrogen-bond donors (Lipinski definition) is 2. The van der Waals surface area contributed by atoms with E-state index in [2.05, 4.69) is 20.8 Å². The van der Waals surface area contributed by atoms with Crippen LogP contribution in [0.15, 0.2) is 4.52 Å². The standard InChI is InChI=1S/C13H22N4O2/c1-9-16-11(17-19-9)8-15-12(18)13(2,3)10-5-4-6-14-7-10/h10,14H,4-8H2,1-3H3,(H,15,18). The molecule has 106 valence electrons. The monoisotopic (exact) mass is 266 g/mol. The molecule has 2 heterocycles. The van der Waals surface area contributed by atoms with Gasteiger partial charge in [-0.25, -0.2) is 0 Å². The Morgan fingerprint density at radius 3 is 2.95 bits per heavy atom. The van der Waals surface area contributed by atoms with Crippen molar-refractivity contribution in [2.45, 2.75) is 40.2 Å². The Kier molecular flexibility index (Phi) is 4.19. The molecule has 0 aliphatic carbocycles. The van der Waals surface area contributed by atoms with Crippen molar-refractivity contribution in [1.82, 2.24) is 20.8 Å². The minimum absolute atomic E-state index is 0.0450. The largest absolute Gasteiger partial charge is 0.348 e. The van der Waals surface area contributed by atoms with E-state index in [1.165, 1.54) is 0 Å². The van der Waals surface area contributed by atoms with Crippen LogP contribution in [0.25, 0.3) is 0 Å². The molecule has 1 amide bonds. The predicted octanol–water partition coefficient (Wildman–Crippen LogP) is 1.02. The Hall–Kier alpha value is -1.43. The summed E-state index contributed by atoms with van der Waals surface area (Å²) in [4.78, 5) is 16.4. The number of hydrogen-bond acceptors (Lipinski definition) is 5. The van der Waals surface area contributed by atoms with Crippen molar-refractivity contribution in [3.05, 3.63) is 11.7 Å². The quantitative estimate of drug-likeness (QED) is 0.850. The lowest BCUT2D eigenvalue weighted by molar-refractivity contribution is -0.132. The number of carbonyl (C=O) groups is 1. The molecule has 1 atom stereocenters. The van der Waals surface area contributed by atoms with Crippen molar-refractivity contribution in [3.8, 4) is 0 Å². The van der Waals surface area contributed by atoms with Crippen molar-refractivity contribution in [3.63, 3.8) is 0 Å². The zero-order valence-electron chi connectivity index (χ0n) is 11.8. The summed E-state index contributed by atoms with van der Waals surface area (Å²) in [5.74, 6) is 1.44. The smallest absolute Gasteiger partial charge is 0.226 e. The number of nitrogens with zero attached hydrogens (tertiary/aromatic N) is 2. The first-order chi connectivity index (χ1) is 9.00. The van der Waals surface area contributed by atoms with Crippen LogP contribution in [0, 0.1) is 18.3 Å². The number of amides is 1. The first-order valence-electron chi connectivity index (χ1n) is 6.78. The fraction of sp³-hybridized carbons (Fsp3) is 0.769. The second kappa shape index (κ2) is 5.69. The molecular weight excluding hydrogens is 244 g/mol. The SMILES string of the molecule is Cc1nc(CNC(=O)C(C)(C)C2CCCNC2)no1. The van der Waals surface area contributed by atoms with Gasteiger partial charge in [0.05, 0.1) is 6.54 Å². The Bertz CT molecular complexity index is 436. The molecule has 6 nitrogen and oxygen atoms in total. The number of aryl methyl sites for hydroxylation is 1. The van der Waals surface area contributed by atoms with Gasteiger partial charge in [0.25, 0.3) is 0 Å². The molecule has 1 aromatic heterocycles. The molecule has 0 radical (unpaired) electrons. The highest BCUT2D eigenvalue weighted by Crippen LogP contribution is 2.31. The second-order valence-electron chi connectivity index (χ2n) is 5.68. The van der Waals surface area contributed by atoms with E-state index in [1.54, 1.807) is 6.92 Å². The van der Waals surface area contributed by atoms with E-state index < -0.39 is 0 Å². The zero-order chi connectivity index (χ0) is 13.9. The van der Waals surface area contributed by atoms with Crippen LogP contribution in [0.3, 0.4) is 0 Å². The molecule has 1 aromatic rings. The minimum Gasteiger partial charge on any atom is -0.348 e. The molecule has 1 unspecified atom stereocenters. The maximum Gasteiger partial charge on any atom is 0.226 e. The van der Waals surface area contributed by atoms with Crippen molar-refractivity contribution >= 4 is 5.91 Å². The lowest BCUT2D eigenvalue weighted by Gasteiger charge is -2.35. The summed E-state index contributed by atoms with van der Waals surface area (Å²) < 4.78 is 4.88.